The monoisotopic (exact) mass is 364 g/mol. The van der Waals surface area contributed by atoms with Crippen LogP contribution in [-0.2, 0) is 0 Å². The van der Waals surface area contributed by atoms with Crippen LogP contribution in [0.15, 0.2) is 64.8 Å². The van der Waals surface area contributed by atoms with E-state index in [2.05, 4.69) is 17.2 Å². The van der Waals surface area contributed by atoms with Gasteiger partial charge in [0, 0.05) is 12.0 Å². The number of carbonyl (C=O) groups excluding carboxylic acids is 1. The highest BCUT2D eigenvalue weighted by molar-refractivity contribution is 6.00. The summed E-state index contributed by atoms with van der Waals surface area (Å²) in [7, 11) is 0. The van der Waals surface area contributed by atoms with Crippen LogP contribution < -0.4 is 0 Å². The average molecular weight is 365 g/mol. The molecule has 0 aromatic heterocycles. The summed E-state index contributed by atoms with van der Waals surface area (Å²) >= 11 is 0. The highest BCUT2D eigenvalue weighted by Crippen LogP contribution is 2.24. The third kappa shape index (κ3) is 8.29. The number of carbonyl (C=O) groups is 1. The lowest BCUT2D eigenvalue weighted by atomic mass is 10.0. The Labute approximate surface area is 163 Å². The van der Waals surface area contributed by atoms with Gasteiger partial charge in [0.1, 0.15) is 0 Å². The van der Waals surface area contributed by atoms with Gasteiger partial charge in [-0.05, 0) is 30.7 Å². The Hall–Kier alpha value is -2.29. The van der Waals surface area contributed by atoms with Crippen molar-refractivity contribution in [3.05, 3.63) is 60.2 Å². The van der Waals surface area contributed by atoms with Gasteiger partial charge in [-0.2, -0.15) is 5.11 Å². The van der Waals surface area contributed by atoms with Crippen molar-refractivity contribution < 1.29 is 4.79 Å². The molecule has 0 aliphatic rings. The number of hydrogen-bond donors (Lipinski definition) is 0. The first-order chi connectivity index (χ1) is 13.3. The minimum absolute atomic E-state index is 0.167. The topological polar surface area (TPSA) is 41.8 Å². The molecule has 3 nitrogen and oxygen atoms in total. The molecule has 0 unspecified atom stereocenters. The van der Waals surface area contributed by atoms with Gasteiger partial charge in [-0.3, -0.25) is 4.79 Å². The maximum atomic E-state index is 12.6. The van der Waals surface area contributed by atoms with Crippen molar-refractivity contribution in [2.75, 3.05) is 0 Å². The first-order valence-electron chi connectivity index (χ1n) is 10.4. The van der Waals surface area contributed by atoms with Crippen LogP contribution in [0.1, 0.15) is 81.5 Å². The molecule has 3 heteroatoms. The maximum Gasteiger partial charge on any atom is 0.165 e. The maximum absolute atomic E-state index is 12.6. The Morgan fingerprint density at radius 2 is 1.30 bits per heavy atom. The highest BCUT2D eigenvalue weighted by atomic mass is 16.1. The van der Waals surface area contributed by atoms with Crippen LogP contribution in [0.5, 0.6) is 0 Å². The predicted octanol–water partition coefficient (Wildman–Crippen LogP) is 8.21. The molecule has 0 N–H and O–H groups in total. The number of Topliss-reactive ketones (excluding diaryl/α,β-unsaturated/α-hetero) is 1. The summed E-state index contributed by atoms with van der Waals surface area (Å²) in [6, 6.07) is 17.1. The molecule has 0 atom stereocenters. The fourth-order valence-corrected chi connectivity index (χ4v) is 3.13. The van der Waals surface area contributed by atoms with E-state index in [-0.39, 0.29) is 5.78 Å². The van der Waals surface area contributed by atoms with Crippen LogP contribution in [0.4, 0.5) is 11.4 Å². The van der Waals surface area contributed by atoms with Gasteiger partial charge in [-0.25, -0.2) is 0 Å². The van der Waals surface area contributed by atoms with Gasteiger partial charge in [0.15, 0.2) is 5.78 Å². The predicted molar refractivity (Wildman–Crippen MR) is 113 cm³/mol. The molecule has 0 bridgehead atoms. The van der Waals surface area contributed by atoms with E-state index in [0.717, 1.165) is 18.5 Å². The largest absolute Gasteiger partial charge is 0.294 e. The molecule has 0 aliphatic heterocycles. The van der Waals surface area contributed by atoms with Gasteiger partial charge in [-0.1, -0.05) is 88.6 Å². The van der Waals surface area contributed by atoms with Gasteiger partial charge in [0.25, 0.3) is 0 Å². The standard InChI is InChI=1S/C24H32N2O/c1-2-3-4-5-6-7-8-9-13-20-24(27)22-18-14-15-19-23(22)26-25-21-16-11-10-12-17-21/h10-12,14-19H,2-9,13,20H2,1H3/b26-25+. The van der Waals surface area contributed by atoms with Crippen molar-refractivity contribution in [3.63, 3.8) is 0 Å². The van der Waals surface area contributed by atoms with Crippen LogP contribution >= 0.6 is 0 Å². The number of nitrogens with zero attached hydrogens (tertiary/aromatic N) is 2. The quantitative estimate of drug-likeness (QED) is 0.200. The van der Waals surface area contributed by atoms with Crippen LogP contribution in [0.25, 0.3) is 0 Å². The summed E-state index contributed by atoms with van der Waals surface area (Å²) < 4.78 is 0. The van der Waals surface area contributed by atoms with E-state index >= 15 is 0 Å². The van der Waals surface area contributed by atoms with E-state index < -0.39 is 0 Å². The van der Waals surface area contributed by atoms with Gasteiger partial charge in [0.2, 0.25) is 0 Å². The molecule has 0 spiro atoms. The lowest BCUT2D eigenvalue weighted by Crippen LogP contribution is -1.99. The van der Waals surface area contributed by atoms with Crippen molar-refractivity contribution in [1.29, 1.82) is 0 Å². The Morgan fingerprint density at radius 3 is 2.00 bits per heavy atom. The summed E-state index contributed by atoms with van der Waals surface area (Å²) in [5.41, 5.74) is 2.12. The number of benzene rings is 2. The smallest absolute Gasteiger partial charge is 0.165 e. The van der Waals surface area contributed by atoms with Gasteiger partial charge >= 0.3 is 0 Å². The molecular weight excluding hydrogens is 332 g/mol. The SMILES string of the molecule is CCCCCCCCCCCC(=O)c1ccccc1/N=N/c1ccccc1. The zero-order chi connectivity index (χ0) is 19.2. The summed E-state index contributed by atoms with van der Waals surface area (Å²) in [6.07, 6.45) is 11.9. The van der Waals surface area contributed by atoms with Gasteiger partial charge in [-0.15, -0.1) is 5.11 Å². The Balaban J connectivity index is 1.75. The minimum atomic E-state index is 0.167. The fraction of sp³-hybridized carbons (Fsp3) is 0.458. The lowest BCUT2D eigenvalue weighted by molar-refractivity contribution is 0.0979. The normalized spacial score (nSPS) is 11.1. The second kappa shape index (κ2) is 13.0. The zero-order valence-electron chi connectivity index (χ0n) is 16.6. The molecule has 2 aromatic rings. The second-order valence-electron chi connectivity index (χ2n) is 7.05. The third-order valence-corrected chi connectivity index (χ3v) is 4.74. The van der Waals surface area contributed by atoms with E-state index in [0.29, 0.717) is 17.7 Å². The van der Waals surface area contributed by atoms with E-state index in [4.69, 9.17) is 0 Å². The summed E-state index contributed by atoms with van der Waals surface area (Å²) in [5.74, 6) is 0.167. The lowest BCUT2D eigenvalue weighted by Gasteiger charge is -2.05. The van der Waals surface area contributed by atoms with Crippen LogP contribution in [0, 0.1) is 0 Å². The molecule has 0 radical (unpaired) electrons. The summed E-state index contributed by atoms with van der Waals surface area (Å²) in [4.78, 5) is 12.6. The molecule has 0 fully saturated rings. The van der Waals surface area contributed by atoms with E-state index in [1.165, 1.54) is 44.9 Å². The van der Waals surface area contributed by atoms with Crippen molar-refractivity contribution in [2.24, 2.45) is 10.2 Å². The van der Waals surface area contributed by atoms with E-state index in [1.807, 2.05) is 54.6 Å². The molecule has 0 saturated heterocycles. The molecular formula is C24H32N2O. The molecule has 144 valence electrons. The van der Waals surface area contributed by atoms with Crippen molar-refractivity contribution in [2.45, 2.75) is 71.1 Å². The molecule has 0 heterocycles. The number of ketones is 1. The molecule has 27 heavy (non-hydrogen) atoms. The molecule has 2 rings (SSSR count). The van der Waals surface area contributed by atoms with Crippen LogP contribution in [0.3, 0.4) is 0 Å². The second-order valence-corrected chi connectivity index (χ2v) is 7.05. The molecule has 0 amide bonds. The van der Waals surface area contributed by atoms with Gasteiger partial charge in [0.05, 0.1) is 11.4 Å². The summed E-state index contributed by atoms with van der Waals surface area (Å²) in [5, 5.41) is 8.54. The Bertz CT molecular complexity index is 695. The zero-order valence-corrected chi connectivity index (χ0v) is 16.6. The van der Waals surface area contributed by atoms with Crippen molar-refractivity contribution >= 4 is 17.2 Å². The van der Waals surface area contributed by atoms with E-state index in [9.17, 15) is 4.79 Å². The summed E-state index contributed by atoms with van der Waals surface area (Å²) in [6.45, 7) is 2.25. The van der Waals surface area contributed by atoms with Crippen molar-refractivity contribution in [1.82, 2.24) is 0 Å². The van der Waals surface area contributed by atoms with Crippen molar-refractivity contribution in [3.8, 4) is 0 Å². The first kappa shape index (κ1) is 21.0. The molecule has 0 saturated carbocycles. The number of hydrogen-bond acceptors (Lipinski definition) is 3. The third-order valence-electron chi connectivity index (χ3n) is 4.74. The van der Waals surface area contributed by atoms with E-state index in [1.54, 1.807) is 0 Å². The minimum Gasteiger partial charge on any atom is -0.294 e. The highest BCUT2D eigenvalue weighted by Gasteiger charge is 2.10. The number of rotatable bonds is 13. The molecule has 0 aliphatic carbocycles. The number of azo groups is 1. The van der Waals surface area contributed by atoms with Crippen LogP contribution in [-0.4, -0.2) is 5.78 Å². The van der Waals surface area contributed by atoms with Crippen LogP contribution in [0.2, 0.25) is 0 Å². The number of unbranched alkanes of at least 4 members (excludes halogenated alkanes) is 8. The Morgan fingerprint density at radius 1 is 0.704 bits per heavy atom. The fourth-order valence-electron chi connectivity index (χ4n) is 3.13. The van der Waals surface area contributed by atoms with Gasteiger partial charge < -0.3 is 0 Å². The Kier molecular flexibility index (Phi) is 10.1. The molecule has 2 aromatic carbocycles. The first-order valence-corrected chi connectivity index (χ1v) is 10.4. The average Bonchev–Trinajstić information content (AvgIpc) is 2.72.